The second-order valence-corrected chi connectivity index (χ2v) is 1.95. The summed E-state index contributed by atoms with van der Waals surface area (Å²) in [4.78, 5) is 10.5. The number of hydrogen-bond acceptors (Lipinski definition) is 2. The summed E-state index contributed by atoms with van der Waals surface area (Å²) in [7, 11) is 1.88. The maximum atomic E-state index is 10.5. The van der Waals surface area contributed by atoms with Gasteiger partial charge in [-0.3, -0.25) is 4.79 Å². The minimum atomic E-state index is -0.101. The summed E-state index contributed by atoms with van der Waals surface area (Å²) in [5, 5.41) is 5.65. The summed E-state index contributed by atoms with van der Waals surface area (Å²) in [6.07, 6.45) is 2.23. The van der Waals surface area contributed by atoms with Gasteiger partial charge in [0.15, 0.2) is 0 Å². The highest BCUT2D eigenvalue weighted by atomic mass is 16.1. The van der Waals surface area contributed by atoms with Gasteiger partial charge in [-0.2, -0.15) is 0 Å². The lowest BCUT2D eigenvalue weighted by molar-refractivity contribution is -0.116. The molecule has 10 heavy (non-hydrogen) atoms. The number of nitrogens with one attached hydrogen (secondary N) is 2. The molecule has 0 saturated heterocycles. The van der Waals surface area contributed by atoms with Crippen molar-refractivity contribution in [2.24, 2.45) is 0 Å². The zero-order chi connectivity index (χ0) is 7.82. The van der Waals surface area contributed by atoms with Gasteiger partial charge in [0.05, 0.1) is 0 Å². The highest BCUT2D eigenvalue weighted by Gasteiger charge is 1.90. The zero-order valence-electron chi connectivity index (χ0n) is 6.31. The lowest BCUT2D eigenvalue weighted by Crippen LogP contribution is -2.24. The van der Waals surface area contributed by atoms with Gasteiger partial charge in [0.25, 0.3) is 0 Å². The largest absolute Gasteiger partial charge is 0.353 e. The van der Waals surface area contributed by atoms with Crippen LogP contribution in [0.3, 0.4) is 0 Å². The topological polar surface area (TPSA) is 41.1 Å². The molecule has 3 heteroatoms. The molecule has 0 aromatic heterocycles. The van der Waals surface area contributed by atoms with E-state index in [-0.39, 0.29) is 5.91 Å². The second kappa shape index (κ2) is 6.29. The highest BCUT2D eigenvalue weighted by molar-refractivity contribution is 5.86. The van der Waals surface area contributed by atoms with Crippen molar-refractivity contribution in [3.63, 3.8) is 0 Å². The van der Waals surface area contributed by atoms with Gasteiger partial charge in [-0.15, -0.1) is 0 Å². The van der Waals surface area contributed by atoms with Gasteiger partial charge in [-0.1, -0.05) is 6.58 Å². The van der Waals surface area contributed by atoms with Gasteiger partial charge in [0.2, 0.25) is 5.91 Å². The van der Waals surface area contributed by atoms with Crippen molar-refractivity contribution < 1.29 is 4.79 Å². The van der Waals surface area contributed by atoms with E-state index < -0.39 is 0 Å². The molecule has 0 heterocycles. The molecule has 0 unspecified atom stereocenters. The van der Waals surface area contributed by atoms with Gasteiger partial charge >= 0.3 is 0 Å². The van der Waals surface area contributed by atoms with Gasteiger partial charge in [0.1, 0.15) is 0 Å². The molecule has 1 amide bonds. The molecule has 0 aliphatic carbocycles. The van der Waals surface area contributed by atoms with Crippen molar-refractivity contribution in [1.29, 1.82) is 0 Å². The molecular formula is C7H14N2O. The Bertz CT molecular complexity index is 112. The lowest BCUT2D eigenvalue weighted by atomic mass is 10.4. The quantitative estimate of drug-likeness (QED) is 0.415. The Labute approximate surface area is 61.5 Å². The maximum absolute atomic E-state index is 10.5. The fraction of sp³-hybridized carbons (Fsp3) is 0.571. The molecule has 58 valence electrons. The first-order valence-electron chi connectivity index (χ1n) is 3.36. The summed E-state index contributed by atoms with van der Waals surface area (Å²) in [6.45, 7) is 4.97. The van der Waals surface area contributed by atoms with Crippen LogP contribution in [0.4, 0.5) is 0 Å². The fourth-order valence-corrected chi connectivity index (χ4v) is 0.549. The first-order valence-corrected chi connectivity index (χ1v) is 3.36. The van der Waals surface area contributed by atoms with Crippen LogP contribution in [0.1, 0.15) is 6.42 Å². The van der Waals surface area contributed by atoms with Crippen molar-refractivity contribution in [2.75, 3.05) is 20.1 Å². The molecule has 0 aromatic rings. The van der Waals surface area contributed by atoms with E-state index in [9.17, 15) is 4.79 Å². The second-order valence-electron chi connectivity index (χ2n) is 1.95. The summed E-state index contributed by atoms with van der Waals surface area (Å²) < 4.78 is 0. The smallest absolute Gasteiger partial charge is 0.243 e. The third-order valence-electron chi connectivity index (χ3n) is 1.09. The Kier molecular flexibility index (Phi) is 5.77. The third kappa shape index (κ3) is 5.31. The molecule has 0 bridgehead atoms. The normalized spacial score (nSPS) is 8.90. The van der Waals surface area contributed by atoms with Gasteiger partial charge < -0.3 is 10.6 Å². The van der Waals surface area contributed by atoms with Crippen LogP contribution in [0.5, 0.6) is 0 Å². The van der Waals surface area contributed by atoms with Gasteiger partial charge in [0, 0.05) is 6.54 Å². The van der Waals surface area contributed by atoms with E-state index in [2.05, 4.69) is 17.2 Å². The van der Waals surface area contributed by atoms with E-state index in [0.717, 1.165) is 13.0 Å². The number of amides is 1. The molecule has 0 spiro atoms. The van der Waals surface area contributed by atoms with Gasteiger partial charge in [-0.05, 0) is 26.1 Å². The number of rotatable bonds is 5. The standard InChI is InChI=1S/C7H14N2O/c1-3-7(10)9-6-4-5-8-2/h3,8H,1,4-6H2,2H3,(H,9,10). The minimum absolute atomic E-state index is 0.101. The summed E-state index contributed by atoms with van der Waals surface area (Å²) in [5.41, 5.74) is 0. The highest BCUT2D eigenvalue weighted by Crippen LogP contribution is 1.72. The van der Waals surface area contributed by atoms with E-state index >= 15 is 0 Å². The van der Waals surface area contributed by atoms with Crippen LogP contribution in [0.2, 0.25) is 0 Å². The number of hydrogen-bond donors (Lipinski definition) is 2. The molecule has 2 N–H and O–H groups in total. The van der Waals surface area contributed by atoms with Crippen molar-refractivity contribution in [1.82, 2.24) is 10.6 Å². The summed E-state index contributed by atoms with van der Waals surface area (Å²) in [5.74, 6) is -0.101. The first kappa shape index (κ1) is 9.17. The Hall–Kier alpha value is -0.830. The molecule has 0 aromatic carbocycles. The zero-order valence-corrected chi connectivity index (χ0v) is 6.31. The van der Waals surface area contributed by atoms with Crippen LogP contribution in [0.25, 0.3) is 0 Å². The summed E-state index contributed by atoms with van der Waals surface area (Å²) >= 11 is 0. The monoisotopic (exact) mass is 142 g/mol. The van der Waals surface area contributed by atoms with Crippen LogP contribution in [0.15, 0.2) is 12.7 Å². The van der Waals surface area contributed by atoms with E-state index in [1.54, 1.807) is 0 Å². The average molecular weight is 142 g/mol. The average Bonchev–Trinajstić information content (AvgIpc) is 1.98. The first-order chi connectivity index (χ1) is 4.81. The van der Waals surface area contributed by atoms with Gasteiger partial charge in [-0.25, -0.2) is 0 Å². The van der Waals surface area contributed by atoms with Crippen LogP contribution in [0, 0.1) is 0 Å². The molecule has 0 radical (unpaired) electrons. The van der Waals surface area contributed by atoms with Crippen molar-refractivity contribution in [2.45, 2.75) is 6.42 Å². The minimum Gasteiger partial charge on any atom is -0.353 e. The SMILES string of the molecule is C=CC(=O)NCCCNC. The van der Waals surface area contributed by atoms with Crippen molar-refractivity contribution in [3.05, 3.63) is 12.7 Å². The number of carbonyl (C=O) groups excluding carboxylic acids is 1. The molecule has 0 aliphatic heterocycles. The molecule has 0 rings (SSSR count). The van der Waals surface area contributed by atoms with E-state index in [4.69, 9.17) is 0 Å². The van der Waals surface area contributed by atoms with E-state index in [1.165, 1.54) is 6.08 Å². The Morgan fingerprint density at radius 1 is 1.60 bits per heavy atom. The predicted octanol–water partition coefficient (Wildman–Crippen LogP) is -0.102. The lowest BCUT2D eigenvalue weighted by Gasteiger charge is -1.99. The molecule has 0 aliphatic rings. The van der Waals surface area contributed by atoms with Crippen molar-refractivity contribution >= 4 is 5.91 Å². The molecule has 0 fully saturated rings. The molecule has 0 atom stereocenters. The maximum Gasteiger partial charge on any atom is 0.243 e. The predicted molar refractivity (Wildman–Crippen MR) is 41.8 cm³/mol. The number of carbonyl (C=O) groups is 1. The molecule has 0 saturated carbocycles. The van der Waals surface area contributed by atoms with E-state index in [0.29, 0.717) is 6.54 Å². The Morgan fingerprint density at radius 2 is 2.30 bits per heavy atom. The third-order valence-corrected chi connectivity index (χ3v) is 1.09. The van der Waals surface area contributed by atoms with Crippen LogP contribution in [-0.2, 0) is 4.79 Å². The van der Waals surface area contributed by atoms with Crippen LogP contribution < -0.4 is 10.6 Å². The van der Waals surface area contributed by atoms with Crippen LogP contribution in [-0.4, -0.2) is 26.0 Å². The van der Waals surface area contributed by atoms with E-state index in [1.807, 2.05) is 7.05 Å². The summed E-state index contributed by atoms with van der Waals surface area (Å²) in [6, 6.07) is 0. The Morgan fingerprint density at radius 3 is 2.80 bits per heavy atom. The molecular weight excluding hydrogens is 128 g/mol. The molecule has 3 nitrogen and oxygen atoms in total. The fourth-order valence-electron chi connectivity index (χ4n) is 0.549. The van der Waals surface area contributed by atoms with Crippen LogP contribution >= 0.6 is 0 Å². The Balaban J connectivity index is 3.03. The van der Waals surface area contributed by atoms with Crippen molar-refractivity contribution in [3.8, 4) is 0 Å².